The van der Waals surface area contributed by atoms with Gasteiger partial charge in [-0.2, -0.15) is 0 Å². The molecule has 1 aliphatic carbocycles. The molecular weight excluding hydrogens is 563 g/mol. The molecule has 42 heavy (non-hydrogen) atoms. The Morgan fingerprint density at radius 1 is 0.976 bits per heavy atom. The monoisotopic (exact) mass is 596 g/mol. The van der Waals surface area contributed by atoms with Gasteiger partial charge >= 0.3 is 0 Å². The van der Waals surface area contributed by atoms with E-state index in [4.69, 9.17) is 0 Å². The van der Waals surface area contributed by atoms with Gasteiger partial charge in [-0.15, -0.1) is 0 Å². The van der Waals surface area contributed by atoms with Crippen LogP contribution in [0.4, 0.5) is 15.8 Å². The second-order valence-corrected chi connectivity index (χ2v) is 12.1. The molecule has 1 N–H and O–H groups in total. The topological polar surface area (TPSA) is 130 Å². The van der Waals surface area contributed by atoms with Gasteiger partial charge in [0, 0.05) is 30.3 Å². The molecule has 1 aliphatic rings. The van der Waals surface area contributed by atoms with E-state index < -0.39 is 45.2 Å². The minimum Gasteiger partial charge on any atom is -0.352 e. The summed E-state index contributed by atoms with van der Waals surface area (Å²) >= 11 is 0. The van der Waals surface area contributed by atoms with Crippen LogP contribution in [0.3, 0.4) is 0 Å². The van der Waals surface area contributed by atoms with Gasteiger partial charge in [-0.3, -0.25) is 24.0 Å². The molecule has 0 bridgehead atoms. The SMILES string of the molecule is C[C@H](C(=O)NC1CCCCC1)N(Cc1ccccc1F)C(=O)CN(c1ccc([N+](=O)[O-])cc1)S(=O)(=O)c1ccccc1. The van der Waals surface area contributed by atoms with Crippen molar-refractivity contribution in [1.82, 2.24) is 10.2 Å². The summed E-state index contributed by atoms with van der Waals surface area (Å²) in [4.78, 5) is 38.9. The zero-order valence-corrected chi connectivity index (χ0v) is 24.0. The smallest absolute Gasteiger partial charge is 0.269 e. The van der Waals surface area contributed by atoms with Crippen molar-refractivity contribution < 1.29 is 27.3 Å². The Morgan fingerprint density at radius 3 is 2.21 bits per heavy atom. The van der Waals surface area contributed by atoms with Crippen LogP contribution in [0.5, 0.6) is 0 Å². The molecule has 0 radical (unpaired) electrons. The Kier molecular flexibility index (Phi) is 9.89. The lowest BCUT2D eigenvalue weighted by Gasteiger charge is -2.33. The van der Waals surface area contributed by atoms with Crippen molar-refractivity contribution in [2.45, 2.75) is 62.6 Å². The molecule has 3 aromatic carbocycles. The van der Waals surface area contributed by atoms with E-state index in [0.29, 0.717) is 0 Å². The van der Waals surface area contributed by atoms with Crippen molar-refractivity contribution in [2.24, 2.45) is 0 Å². The van der Waals surface area contributed by atoms with Gasteiger partial charge in [-0.1, -0.05) is 55.7 Å². The van der Waals surface area contributed by atoms with E-state index in [1.807, 2.05) is 0 Å². The van der Waals surface area contributed by atoms with Crippen LogP contribution < -0.4 is 9.62 Å². The molecule has 0 aliphatic heterocycles. The first-order chi connectivity index (χ1) is 20.1. The van der Waals surface area contributed by atoms with E-state index in [2.05, 4.69) is 5.32 Å². The van der Waals surface area contributed by atoms with Crippen molar-refractivity contribution in [2.75, 3.05) is 10.8 Å². The van der Waals surface area contributed by atoms with E-state index in [-0.39, 0.29) is 34.4 Å². The Bertz CT molecular complexity index is 1510. The van der Waals surface area contributed by atoms with Crippen LogP contribution >= 0.6 is 0 Å². The number of nitrogens with zero attached hydrogens (tertiary/aromatic N) is 3. The number of nitro groups is 1. The van der Waals surface area contributed by atoms with Crippen molar-refractivity contribution in [3.8, 4) is 0 Å². The molecule has 12 heteroatoms. The summed E-state index contributed by atoms with van der Waals surface area (Å²) in [5.74, 6) is -1.74. The average Bonchev–Trinajstić information content (AvgIpc) is 3.00. The summed E-state index contributed by atoms with van der Waals surface area (Å²) in [6.45, 7) is 0.521. The highest BCUT2D eigenvalue weighted by Crippen LogP contribution is 2.27. The van der Waals surface area contributed by atoms with E-state index in [1.54, 1.807) is 12.1 Å². The van der Waals surface area contributed by atoms with Crippen molar-refractivity contribution in [3.63, 3.8) is 0 Å². The maximum absolute atomic E-state index is 14.7. The number of nitrogens with one attached hydrogen (secondary N) is 1. The van der Waals surface area contributed by atoms with E-state index in [9.17, 15) is 32.5 Å². The third-order valence-electron chi connectivity index (χ3n) is 7.38. The quantitative estimate of drug-likeness (QED) is 0.250. The Hall–Kier alpha value is -4.32. The van der Waals surface area contributed by atoms with Crippen LogP contribution in [0.25, 0.3) is 0 Å². The summed E-state index contributed by atoms with van der Waals surface area (Å²) in [7, 11) is -4.32. The van der Waals surface area contributed by atoms with E-state index in [1.165, 1.54) is 61.5 Å². The predicted octanol–water partition coefficient (Wildman–Crippen LogP) is 4.80. The first kappa shape index (κ1) is 30.6. The fourth-order valence-corrected chi connectivity index (χ4v) is 6.39. The third-order valence-corrected chi connectivity index (χ3v) is 9.16. The Labute approximate surface area is 244 Å². The lowest BCUT2D eigenvalue weighted by atomic mass is 9.95. The lowest BCUT2D eigenvalue weighted by molar-refractivity contribution is -0.384. The van der Waals surface area contributed by atoms with Gasteiger partial charge in [0.15, 0.2) is 0 Å². The van der Waals surface area contributed by atoms with Gasteiger partial charge in [-0.05, 0) is 50.1 Å². The van der Waals surface area contributed by atoms with Gasteiger partial charge in [0.1, 0.15) is 18.4 Å². The molecule has 4 rings (SSSR count). The highest BCUT2D eigenvalue weighted by atomic mass is 32.2. The third kappa shape index (κ3) is 7.30. The number of nitro benzene ring substituents is 1. The fourth-order valence-electron chi connectivity index (χ4n) is 4.95. The molecule has 0 aromatic heterocycles. The number of benzene rings is 3. The second kappa shape index (κ2) is 13.6. The van der Waals surface area contributed by atoms with Crippen molar-refractivity contribution in [3.05, 3.63) is 100 Å². The molecule has 222 valence electrons. The van der Waals surface area contributed by atoms with Crippen LogP contribution in [0.2, 0.25) is 0 Å². The van der Waals surface area contributed by atoms with E-state index in [0.717, 1.165) is 53.4 Å². The first-order valence-electron chi connectivity index (χ1n) is 13.7. The fraction of sp³-hybridized carbons (Fsp3) is 0.333. The van der Waals surface area contributed by atoms with Gasteiger partial charge in [0.2, 0.25) is 11.8 Å². The molecule has 1 fully saturated rings. The Morgan fingerprint density at radius 2 is 1.60 bits per heavy atom. The summed E-state index contributed by atoms with van der Waals surface area (Å²) in [6.07, 6.45) is 4.71. The van der Waals surface area contributed by atoms with Crippen LogP contribution in [0, 0.1) is 15.9 Å². The molecule has 1 saturated carbocycles. The van der Waals surface area contributed by atoms with Crippen LogP contribution in [0.1, 0.15) is 44.6 Å². The molecular formula is C30H33FN4O6S. The number of non-ortho nitro benzene ring substituents is 1. The molecule has 2 amide bonds. The molecule has 3 aromatic rings. The second-order valence-electron chi connectivity index (χ2n) is 10.2. The number of halogens is 1. The largest absolute Gasteiger partial charge is 0.352 e. The Balaban J connectivity index is 1.69. The highest BCUT2D eigenvalue weighted by molar-refractivity contribution is 7.92. The summed E-state index contributed by atoms with van der Waals surface area (Å²) in [6, 6.07) is 17.0. The van der Waals surface area contributed by atoms with Crippen LogP contribution in [-0.4, -0.2) is 48.7 Å². The minimum absolute atomic E-state index is 0.0166. The van der Waals surface area contributed by atoms with Gasteiger partial charge < -0.3 is 10.2 Å². The standard InChI is InChI=1S/C30H33FN4O6S/c1-22(30(37)32-24-11-4-2-5-12-24)33(20-23-10-8-9-15-28(23)31)29(36)21-34(25-16-18-26(19-17-25)35(38)39)42(40,41)27-13-6-3-7-14-27/h3,6-10,13-19,22,24H,2,4-5,11-12,20-21H2,1H3,(H,32,37)/t22-/m1/s1. The van der Waals surface area contributed by atoms with Crippen LogP contribution in [0.15, 0.2) is 83.8 Å². The maximum atomic E-state index is 14.7. The number of sulfonamides is 1. The number of hydrogen-bond donors (Lipinski definition) is 1. The maximum Gasteiger partial charge on any atom is 0.269 e. The number of hydrogen-bond acceptors (Lipinski definition) is 6. The van der Waals surface area contributed by atoms with Crippen molar-refractivity contribution in [1.29, 1.82) is 0 Å². The molecule has 1 atom stereocenters. The molecule has 0 spiro atoms. The van der Waals surface area contributed by atoms with Crippen molar-refractivity contribution >= 4 is 33.2 Å². The first-order valence-corrected chi connectivity index (χ1v) is 15.2. The average molecular weight is 597 g/mol. The summed E-state index contributed by atoms with van der Waals surface area (Å²) in [5.41, 5.74) is -0.0738. The minimum atomic E-state index is -4.32. The molecule has 10 nitrogen and oxygen atoms in total. The molecule has 0 saturated heterocycles. The summed E-state index contributed by atoms with van der Waals surface area (Å²) < 4.78 is 43.1. The number of amides is 2. The molecule has 0 unspecified atom stereocenters. The highest BCUT2D eigenvalue weighted by Gasteiger charge is 2.33. The lowest BCUT2D eigenvalue weighted by Crippen LogP contribution is -2.53. The number of carbonyl (C=O) groups is 2. The predicted molar refractivity (Wildman–Crippen MR) is 155 cm³/mol. The number of carbonyl (C=O) groups excluding carboxylic acids is 2. The van der Waals surface area contributed by atoms with Crippen LogP contribution in [-0.2, 0) is 26.2 Å². The number of rotatable bonds is 11. The zero-order valence-electron chi connectivity index (χ0n) is 23.2. The van der Waals surface area contributed by atoms with E-state index >= 15 is 0 Å². The van der Waals surface area contributed by atoms with Gasteiger partial charge in [0.25, 0.3) is 15.7 Å². The normalized spacial score (nSPS) is 14.5. The molecule has 0 heterocycles. The van der Waals surface area contributed by atoms with Gasteiger partial charge in [0.05, 0.1) is 15.5 Å². The summed E-state index contributed by atoms with van der Waals surface area (Å²) in [5, 5.41) is 14.2. The number of anilines is 1. The zero-order chi connectivity index (χ0) is 30.3. The van der Waals surface area contributed by atoms with Gasteiger partial charge in [-0.25, -0.2) is 12.8 Å².